The summed E-state index contributed by atoms with van der Waals surface area (Å²) in [6.07, 6.45) is 2.06. The molecule has 1 aromatic rings. The Labute approximate surface area is 97.4 Å². The second-order valence-electron chi connectivity index (χ2n) is 4.12. The van der Waals surface area contributed by atoms with E-state index in [9.17, 15) is 4.79 Å². The fraction of sp³-hybridized carbons (Fsp3) is 0.357. The zero-order valence-electron chi connectivity index (χ0n) is 10.4. The minimum Gasteiger partial charge on any atom is -0.352 e. The van der Waals surface area contributed by atoms with Crippen molar-refractivity contribution in [2.24, 2.45) is 0 Å². The predicted molar refractivity (Wildman–Crippen MR) is 68.5 cm³/mol. The number of rotatable bonds is 3. The van der Waals surface area contributed by atoms with Crippen LogP contribution in [0.5, 0.6) is 0 Å². The highest BCUT2D eigenvalue weighted by Gasteiger charge is 2.10. The molecule has 0 saturated heterocycles. The minimum absolute atomic E-state index is 0.00120. The molecule has 16 heavy (non-hydrogen) atoms. The van der Waals surface area contributed by atoms with Crippen molar-refractivity contribution in [3.63, 3.8) is 0 Å². The lowest BCUT2D eigenvalue weighted by Crippen LogP contribution is -2.23. The van der Waals surface area contributed by atoms with E-state index in [0.29, 0.717) is 6.54 Å². The molecule has 86 valence electrons. The maximum absolute atomic E-state index is 11.9. The van der Waals surface area contributed by atoms with Crippen LogP contribution in [-0.4, -0.2) is 12.5 Å². The summed E-state index contributed by atoms with van der Waals surface area (Å²) in [5.74, 6) is -0.00120. The summed E-state index contributed by atoms with van der Waals surface area (Å²) in [5.41, 5.74) is 4.10. The van der Waals surface area contributed by atoms with Crippen LogP contribution in [0, 0.1) is 6.92 Å². The van der Waals surface area contributed by atoms with Crippen molar-refractivity contribution in [1.29, 1.82) is 0 Å². The Balaban J connectivity index is 3.23. The monoisotopic (exact) mass is 217 g/mol. The van der Waals surface area contributed by atoms with Gasteiger partial charge < -0.3 is 5.32 Å². The number of carbonyl (C=O) groups excluding carboxylic acids is 1. The molecule has 1 aromatic carbocycles. The fourth-order valence-corrected chi connectivity index (χ4v) is 1.61. The first-order valence-corrected chi connectivity index (χ1v) is 5.59. The van der Waals surface area contributed by atoms with Crippen LogP contribution in [0.15, 0.2) is 23.8 Å². The van der Waals surface area contributed by atoms with E-state index in [1.165, 1.54) is 5.57 Å². The van der Waals surface area contributed by atoms with E-state index in [1.54, 1.807) is 0 Å². The molecule has 0 bridgehead atoms. The quantitative estimate of drug-likeness (QED) is 0.827. The van der Waals surface area contributed by atoms with Gasteiger partial charge in [0.15, 0.2) is 0 Å². The predicted octanol–water partition coefficient (Wildman–Crippen LogP) is 3.17. The molecule has 0 aromatic heterocycles. The standard InChI is InChI=1S/C14H19NO/c1-5-15-14(16)12-8-6-7-11(4)13(12)9-10(2)3/h6-9H,5H2,1-4H3,(H,15,16). The van der Waals surface area contributed by atoms with Gasteiger partial charge in [-0.05, 0) is 44.9 Å². The van der Waals surface area contributed by atoms with Gasteiger partial charge >= 0.3 is 0 Å². The highest BCUT2D eigenvalue weighted by Crippen LogP contribution is 2.17. The third-order valence-corrected chi connectivity index (χ3v) is 2.34. The summed E-state index contributed by atoms with van der Waals surface area (Å²) in [6, 6.07) is 5.81. The molecule has 0 spiro atoms. The first kappa shape index (κ1) is 12.5. The van der Waals surface area contributed by atoms with Crippen LogP contribution in [0.4, 0.5) is 0 Å². The summed E-state index contributed by atoms with van der Waals surface area (Å²) < 4.78 is 0. The van der Waals surface area contributed by atoms with Crippen LogP contribution in [0.25, 0.3) is 6.08 Å². The van der Waals surface area contributed by atoms with Crippen molar-refractivity contribution in [3.05, 3.63) is 40.5 Å². The van der Waals surface area contributed by atoms with Gasteiger partial charge in [-0.1, -0.05) is 23.8 Å². The van der Waals surface area contributed by atoms with E-state index in [-0.39, 0.29) is 5.91 Å². The molecule has 2 heteroatoms. The number of hydrogen-bond acceptors (Lipinski definition) is 1. The molecule has 0 radical (unpaired) electrons. The van der Waals surface area contributed by atoms with Gasteiger partial charge in [0.1, 0.15) is 0 Å². The molecule has 0 aliphatic carbocycles. The van der Waals surface area contributed by atoms with E-state index >= 15 is 0 Å². The van der Waals surface area contributed by atoms with E-state index < -0.39 is 0 Å². The lowest BCUT2D eigenvalue weighted by atomic mass is 9.99. The van der Waals surface area contributed by atoms with E-state index in [4.69, 9.17) is 0 Å². The van der Waals surface area contributed by atoms with Gasteiger partial charge in [-0.3, -0.25) is 4.79 Å². The summed E-state index contributed by atoms with van der Waals surface area (Å²) in [7, 11) is 0. The molecule has 0 saturated carbocycles. The SMILES string of the molecule is CCNC(=O)c1cccc(C)c1C=C(C)C. The summed E-state index contributed by atoms with van der Waals surface area (Å²) in [5, 5.41) is 2.83. The Bertz CT molecular complexity index is 415. The number of hydrogen-bond donors (Lipinski definition) is 1. The number of aryl methyl sites for hydroxylation is 1. The lowest BCUT2D eigenvalue weighted by molar-refractivity contribution is 0.0955. The number of nitrogens with one attached hydrogen (secondary N) is 1. The molecular weight excluding hydrogens is 198 g/mol. The van der Waals surface area contributed by atoms with Gasteiger partial charge in [0.05, 0.1) is 0 Å². The Morgan fingerprint density at radius 3 is 2.62 bits per heavy atom. The molecule has 0 unspecified atom stereocenters. The van der Waals surface area contributed by atoms with Crippen molar-refractivity contribution in [2.45, 2.75) is 27.7 Å². The maximum atomic E-state index is 11.9. The largest absolute Gasteiger partial charge is 0.352 e. The molecular formula is C14H19NO. The van der Waals surface area contributed by atoms with E-state index in [2.05, 4.69) is 11.4 Å². The van der Waals surface area contributed by atoms with Gasteiger partial charge in [-0.2, -0.15) is 0 Å². The fourth-order valence-electron chi connectivity index (χ4n) is 1.61. The summed E-state index contributed by atoms with van der Waals surface area (Å²) in [6.45, 7) is 8.68. The van der Waals surface area contributed by atoms with Crippen LogP contribution in [0.1, 0.15) is 42.3 Å². The number of benzene rings is 1. The van der Waals surface area contributed by atoms with Gasteiger partial charge in [0, 0.05) is 12.1 Å². The molecule has 0 atom stereocenters. The summed E-state index contributed by atoms with van der Waals surface area (Å²) in [4.78, 5) is 11.9. The Morgan fingerprint density at radius 1 is 1.38 bits per heavy atom. The number of carbonyl (C=O) groups is 1. The maximum Gasteiger partial charge on any atom is 0.251 e. The second-order valence-corrected chi connectivity index (χ2v) is 4.12. The lowest BCUT2D eigenvalue weighted by Gasteiger charge is -2.09. The first-order valence-electron chi connectivity index (χ1n) is 5.59. The molecule has 1 N–H and O–H groups in total. The first-order chi connectivity index (χ1) is 7.56. The topological polar surface area (TPSA) is 29.1 Å². The van der Waals surface area contributed by atoms with Gasteiger partial charge in [0.25, 0.3) is 5.91 Å². The third-order valence-electron chi connectivity index (χ3n) is 2.34. The summed E-state index contributed by atoms with van der Waals surface area (Å²) >= 11 is 0. The van der Waals surface area contributed by atoms with Crippen LogP contribution in [-0.2, 0) is 0 Å². The van der Waals surface area contributed by atoms with E-state index in [1.807, 2.05) is 45.9 Å². The van der Waals surface area contributed by atoms with Crippen molar-refractivity contribution in [3.8, 4) is 0 Å². The number of allylic oxidation sites excluding steroid dienone is 1. The van der Waals surface area contributed by atoms with Crippen LogP contribution < -0.4 is 5.32 Å². The second kappa shape index (κ2) is 5.50. The van der Waals surface area contributed by atoms with E-state index in [0.717, 1.165) is 16.7 Å². The van der Waals surface area contributed by atoms with Gasteiger partial charge in [0.2, 0.25) is 0 Å². The average molecular weight is 217 g/mol. The third kappa shape index (κ3) is 2.96. The Hall–Kier alpha value is -1.57. The van der Waals surface area contributed by atoms with Crippen molar-refractivity contribution in [1.82, 2.24) is 5.32 Å². The minimum atomic E-state index is -0.00120. The average Bonchev–Trinajstić information content (AvgIpc) is 2.20. The van der Waals surface area contributed by atoms with Crippen LogP contribution in [0.3, 0.4) is 0 Å². The molecule has 0 aliphatic rings. The highest BCUT2D eigenvalue weighted by atomic mass is 16.1. The molecule has 2 nitrogen and oxygen atoms in total. The highest BCUT2D eigenvalue weighted by molar-refractivity contribution is 5.98. The smallest absolute Gasteiger partial charge is 0.251 e. The van der Waals surface area contributed by atoms with Crippen molar-refractivity contribution >= 4 is 12.0 Å². The van der Waals surface area contributed by atoms with Crippen LogP contribution in [0.2, 0.25) is 0 Å². The molecule has 1 rings (SSSR count). The molecule has 0 heterocycles. The zero-order valence-corrected chi connectivity index (χ0v) is 10.4. The van der Waals surface area contributed by atoms with Gasteiger partial charge in [-0.25, -0.2) is 0 Å². The van der Waals surface area contributed by atoms with Crippen molar-refractivity contribution < 1.29 is 4.79 Å². The van der Waals surface area contributed by atoms with Crippen molar-refractivity contribution in [2.75, 3.05) is 6.54 Å². The molecule has 0 fully saturated rings. The zero-order chi connectivity index (χ0) is 12.1. The van der Waals surface area contributed by atoms with Gasteiger partial charge in [-0.15, -0.1) is 0 Å². The Morgan fingerprint density at radius 2 is 2.06 bits per heavy atom. The Kier molecular flexibility index (Phi) is 4.29. The molecule has 1 amide bonds. The molecule has 0 aliphatic heterocycles. The van der Waals surface area contributed by atoms with Crippen LogP contribution >= 0.6 is 0 Å². The number of amides is 1. The normalized spacial score (nSPS) is 9.75.